The quantitative estimate of drug-likeness (QED) is 0.0607. The fourth-order valence-corrected chi connectivity index (χ4v) is 10.2. The van der Waals surface area contributed by atoms with Crippen LogP contribution in [0.2, 0.25) is 0 Å². The molecule has 0 aromatic carbocycles. The standard InChI is InChI=1S/C30H66NO5P2.BrH/c1-8-11-12-13-14-15-16-17-18-19-20-21-22-23-24-25-28-31(4,5)29-26-27-30(32,37(6,7)33)38(34,35-9-2)36-10-3;/h32H,8-29H2,1-7H3;1H/q+1;/p-1. The van der Waals surface area contributed by atoms with Gasteiger partial charge in [0.25, 0.3) is 0 Å². The highest BCUT2D eigenvalue weighted by Gasteiger charge is 2.57. The highest BCUT2D eigenvalue weighted by molar-refractivity contribution is 7.78. The Kier molecular flexibility index (Phi) is 25.0. The van der Waals surface area contributed by atoms with Crippen molar-refractivity contribution in [3.05, 3.63) is 0 Å². The number of halogens is 1. The monoisotopic (exact) mass is 661 g/mol. The zero-order valence-corrected chi connectivity index (χ0v) is 30.2. The zero-order chi connectivity index (χ0) is 29.0. The van der Waals surface area contributed by atoms with Crippen molar-refractivity contribution in [1.29, 1.82) is 0 Å². The van der Waals surface area contributed by atoms with E-state index >= 15 is 0 Å². The van der Waals surface area contributed by atoms with E-state index in [9.17, 15) is 14.2 Å². The first-order chi connectivity index (χ1) is 17.9. The number of nitrogens with zero attached hydrogens (tertiary/aromatic N) is 1. The Morgan fingerprint density at radius 3 is 1.28 bits per heavy atom. The van der Waals surface area contributed by atoms with Crippen LogP contribution in [0.15, 0.2) is 0 Å². The van der Waals surface area contributed by atoms with E-state index in [1.165, 1.54) is 116 Å². The maximum atomic E-state index is 13.4. The Morgan fingerprint density at radius 1 is 0.615 bits per heavy atom. The molecule has 1 unspecified atom stereocenters. The third-order valence-corrected chi connectivity index (χ3v) is 14.2. The highest BCUT2D eigenvalue weighted by atomic mass is 79.9. The molecule has 0 aliphatic heterocycles. The molecule has 0 spiro atoms. The lowest BCUT2D eigenvalue weighted by molar-refractivity contribution is -0.890. The van der Waals surface area contributed by atoms with Crippen LogP contribution < -0.4 is 17.0 Å². The van der Waals surface area contributed by atoms with Crippen LogP contribution in [0.4, 0.5) is 0 Å². The predicted octanol–water partition coefficient (Wildman–Crippen LogP) is 6.64. The molecule has 0 amide bonds. The molecule has 0 saturated carbocycles. The van der Waals surface area contributed by atoms with Gasteiger partial charge in [0.05, 0.1) is 40.4 Å². The van der Waals surface area contributed by atoms with Gasteiger partial charge < -0.3 is 40.2 Å². The average Bonchev–Trinajstić information content (AvgIpc) is 2.83. The fraction of sp³-hybridized carbons (Fsp3) is 1.00. The third-order valence-electron chi connectivity index (χ3n) is 7.79. The van der Waals surface area contributed by atoms with Gasteiger partial charge in [0.15, 0.2) is 0 Å². The minimum absolute atomic E-state index is 0. The second-order valence-corrected chi connectivity index (χ2v) is 18.3. The molecule has 0 aromatic rings. The summed E-state index contributed by atoms with van der Waals surface area (Å²) in [5.41, 5.74) is 0. The molecular weight excluding hydrogens is 596 g/mol. The maximum Gasteiger partial charge on any atom is 0.369 e. The summed E-state index contributed by atoms with van der Waals surface area (Å²) < 4.78 is 38.1. The van der Waals surface area contributed by atoms with Gasteiger partial charge in [-0.05, 0) is 40.0 Å². The average molecular weight is 663 g/mol. The van der Waals surface area contributed by atoms with Crippen molar-refractivity contribution in [2.24, 2.45) is 0 Å². The minimum atomic E-state index is -3.91. The van der Waals surface area contributed by atoms with E-state index in [1.807, 2.05) is 0 Å². The second-order valence-electron chi connectivity index (χ2n) is 12.2. The van der Waals surface area contributed by atoms with Crippen LogP contribution in [-0.2, 0) is 18.2 Å². The Bertz CT molecular complexity index is 664. The van der Waals surface area contributed by atoms with Crippen molar-refractivity contribution in [2.45, 2.75) is 141 Å². The normalized spacial score (nSPS) is 14.3. The number of aliphatic hydroxyl groups is 1. The molecule has 0 bridgehead atoms. The molecule has 0 aliphatic carbocycles. The largest absolute Gasteiger partial charge is 1.00 e. The SMILES string of the molecule is CCCCCCCCCCCCCCCCCC[N+](C)(C)CCCC(O)(P(C)(C)=O)P(=O)(OCC)OCC.[Br-]. The van der Waals surface area contributed by atoms with Gasteiger partial charge in [0.2, 0.25) is 5.08 Å². The lowest BCUT2D eigenvalue weighted by Gasteiger charge is -2.38. The molecule has 9 heteroatoms. The molecule has 0 radical (unpaired) electrons. The summed E-state index contributed by atoms with van der Waals surface area (Å²) in [5.74, 6) is 0. The summed E-state index contributed by atoms with van der Waals surface area (Å²) in [6.07, 6.45) is 22.7. The summed E-state index contributed by atoms with van der Waals surface area (Å²) in [4.78, 5) is 0. The van der Waals surface area contributed by atoms with Crippen molar-refractivity contribution >= 4 is 14.7 Å². The van der Waals surface area contributed by atoms with Crippen molar-refractivity contribution in [1.82, 2.24) is 0 Å². The molecule has 0 rings (SSSR count). The molecule has 39 heavy (non-hydrogen) atoms. The van der Waals surface area contributed by atoms with E-state index in [2.05, 4.69) is 21.0 Å². The van der Waals surface area contributed by atoms with E-state index in [1.54, 1.807) is 13.8 Å². The molecule has 238 valence electrons. The van der Waals surface area contributed by atoms with Gasteiger partial charge in [0, 0.05) is 12.8 Å². The van der Waals surface area contributed by atoms with Crippen molar-refractivity contribution < 1.29 is 44.7 Å². The second kappa shape index (κ2) is 23.3. The van der Waals surface area contributed by atoms with Gasteiger partial charge >= 0.3 is 7.60 Å². The molecule has 0 heterocycles. The predicted molar refractivity (Wildman–Crippen MR) is 166 cm³/mol. The highest BCUT2D eigenvalue weighted by Crippen LogP contribution is 2.74. The Hall–Kier alpha value is 0.780. The number of quaternary nitrogens is 1. The van der Waals surface area contributed by atoms with Crippen molar-refractivity contribution in [3.8, 4) is 0 Å². The zero-order valence-electron chi connectivity index (χ0n) is 26.9. The van der Waals surface area contributed by atoms with E-state index < -0.39 is 19.8 Å². The van der Waals surface area contributed by atoms with Crippen LogP contribution in [0, 0.1) is 0 Å². The molecule has 0 aromatic heterocycles. The fourth-order valence-electron chi connectivity index (χ4n) is 5.23. The van der Waals surface area contributed by atoms with Gasteiger partial charge in [0.1, 0.15) is 7.14 Å². The summed E-state index contributed by atoms with van der Waals surface area (Å²) in [5, 5.41) is 9.42. The lowest BCUT2D eigenvalue weighted by atomic mass is 10.0. The van der Waals surface area contributed by atoms with Crippen LogP contribution in [0.3, 0.4) is 0 Å². The van der Waals surface area contributed by atoms with Gasteiger partial charge in [-0.2, -0.15) is 0 Å². The van der Waals surface area contributed by atoms with Crippen LogP contribution in [0.1, 0.15) is 136 Å². The molecular formula is C30H66BrNO5P2. The Morgan fingerprint density at radius 2 is 0.949 bits per heavy atom. The van der Waals surface area contributed by atoms with Crippen LogP contribution in [0.5, 0.6) is 0 Å². The first-order valence-corrected chi connectivity index (χ1v) is 20.0. The summed E-state index contributed by atoms with van der Waals surface area (Å²) in [6, 6.07) is 0. The molecule has 0 fully saturated rings. The smallest absolute Gasteiger partial charge is 0.369 e. The summed E-state index contributed by atoms with van der Waals surface area (Å²) in [6.45, 7) is 10.8. The van der Waals surface area contributed by atoms with Gasteiger partial charge in [-0.25, -0.2) is 0 Å². The number of rotatable bonds is 27. The molecule has 1 atom stereocenters. The third kappa shape index (κ3) is 18.1. The van der Waals surface area contributed by atoms with E-state index in [4.69, 9.17) is 9.05 Å². The van der Waals surface area contributed by atoms with Crippen LogP contribution >= 0.6 is 14.7 Å². The van der Waals surface area contributed by atoms with Gasteiger partial charge in [-0.3, -0.25) is 4.57 Å². The maximum absolute atomic E-state index is 13.4. The molecule has 6 nitrogen and oxygen atoms in total. The molecule has 0 aliphatic rings. The van der Waals surface area contributed by atoms with Crippen molar-refractivity contribution in [3.63, 3.8) is 0 Å². The van der Waals surface area contributed by atoms with Crippen LogP contribution in [0.25, 0.3) is 0 Å². The Labute approximate surface area is 254 Å². The number of hydrogen-bond acceptors (Lipinski definition) is 5. The summed E-state index contributed by atoms with van der Waals surface area (Å²) in [7, 11) is -2.68. The Balaban J connectivity index is 0. The molecule has 1 N–H and O–H groups in total. The molecule has 0 saturated heterocycles. The first-order valence-electron chi connectivity index (χ1n) is 15.9. The topological polar surface area (TPSA) is 72.8 Å². The summed E-state index contributed by atoms with van der Waals surface area (Å²) >= 11 is 0. The van der Waals surface area contributed by atoms with E-state index in [-0.39, 0.29) is 36.6 Å². The van der Waals surface area contributed by atoms with Gasteiger partial charge in [-0.15, -0.1) is 0 Å². The van der Waals surface area contributed by atoms with Crippen LogP contribution in [-0.4, -0.2) is 68.4 Å². The number of hydrogen-bond donors (Lipinski definition) is 1. The number of unbranched alkanes of at least 4 members (excludes halogenated alkanes) is 15. The van der Waals surface area contributed by atoms with E-state index in [0.717, 1.165) is 17.6 Å². The van der Waals surface area contributed by atoms with Gasteiger partial charge in [-0.1, -0.05) is 96.8 Å². The lowest BCUT2D eigenvalue weighted by Crippen LogP contribution is -3.00. The first kappa shape index (κ1) is 41.9. The minimum Gasteiger partial charge on any atom is -1.00 e. The van der Waals surface area contributed by atoms with Crippen molar-refractivity contribution in [2.75, 3.05) is 53.7 Å². The van der Waals surface area contributed by atoms with E-state index in [0.29, 0.717) is 6.42 Å².